The summed E-state index contributed by atoms with van der Waals surface area (Å²) in [7, 11) is 0. The van der Waals surface area contributed by atoms with E-state index < -0.39 is 0 Å². The van der Waals surface area contributed by atoms with E-state index in [4.69, 9.17) is 5.73 Å². The summed E-state index contributed by atoms with van der Waals surface area (Å²) in [5.74, 6) is 0.0836. The van der Waals surface area contributed by atoms with Gasteiger partial charge in [-0.2, -0.15) is 0 Å². The average molecular weight is 225 g/mol. The van der Waals surface area contributed by atoms with Gasteiger partial charge in [-0.1, -0.05) is 43.3 Å². The molecule has 2 aromatic rings. The fraction of sp³-hybridized carbons (Fsp3) is 0.133. The van der Waals surface area contributed by atoms with Gasteiger partial charge in [-0.15, -0.1) is 0 Å². The second-order valence-electron chi connectivity index (χ2n) is 3.94. The molecule has 0 atom stereocenters. The van der Waals surface area contributed by atoms with Crippen LogP contribution in [0.4, 0.5) is 5.69 Å². The molecule has 0 aliphatic heterocycles. The van der Waals surface area contributed by atoms with Crippen molar-refractivity contribution in [2.75, 3.05) is 5.73 Å². The van der Waals surface area contributed by atoms with Gasteiger partial charge >= 0.3 is 0 Å². The topological polar surface area (TPSA) is 43.1 Å². The van der Waals surface area contributed by atoms with Crippen molar-refractivity contribution in [1.29, 1.82) is 0 Å². The van der Waals surface area contributed by atoms with Crippen LogP contribution in [-0.4, -0.2) is 5.78 Å². The van der Waals surface area contributed by atoms with Crippen molar-refractivity contribution in [3.63, 3.8) is 0 Å². The largest absolute Gasteiger partial charge is 0.398 e. The monoisotopic (exact) mass is 225 g/mol. The van der Waals surface area contributed by atoms with Crippen LogP contribution in [-0.2, 0) is 0 Å². The van der Waals surface area contributed by atoms with Gasteiger partial charge in [0.2, 0.25) is 0 Å². The first-order valence-corrected chi connectivity index (χ1v) is 5.70. The van der Waals surface area contributed by atoms with E-state index in [9.17, 15) is 4.79 Å². The zero-order valence-corrected chi connectivity index (χ0v) is 9.81. The molecule has 0 aromatic heterocycles. The van der Waals surface area contributed by atoms with Gasteiger partial charge in [0.05, 0.1) is 0 Å². The standard InChI is InChI=1S/C15H15NO/c1-2-15(17)13-10-12(8-9-14(13)16)11-6-4-3-5-7-11/h3-10H,2,16H2,1H3. The number of anilines is 1. The summed E-state index contributed by atoms with van der Waals surface area (Å²) in [5, 5.41) is 0. The van der Waals surface area contributed by atoms with Crippen LogP contribution >= 0.6 is 0 Å². The van der Waals surface area contributed by atoms with Crippen LogP contribution < -0.4 is 5.73 Å². The highest BCUT2D eigenvalue weighted by Gasteiger charge is 2.09. The lowest BCUT2D eigenvalue weighted by Gasteiger charge is -2.07. The van der Waals surface area contributed by atoms with Crippen LogP contribution in [0.1, 0.15) is 23.7 Å². The summed E-state index contributed by atoms with van der Waals surface area (Å²) in [4.78, 5) is 11.7. The molecule has 2 heteroatoms. The molecule has 0 fully saturated rings. The van der Waals surface area contributed by atoms with E-state index in [0.29, 0.717) is 17.7 Å². The fourth-order valence-electron chi connectivity index (χ4n) is 1.80. The number of ketones is 1. The number of carbonyl (C=O) groups is 1. The third-order valence-corrected chi connectivity index (χ3v) is 2.78. The Balaban J connectivity index is 2.48. The van der Waals surface area contributed by atoms with Gasteiger partial charge in [0, 0.05) is 17.7 Å². The van der Waals surface area contributed by atoms with Crippen LogP contribution in [0, 0.1) is 0 Å². The Kier molecular flexibility index (Phi) is 3.24. The van der Waals surface area contributed by atoms with Crippen molar-refractivity contribution in [1.82, 2.24) is 0 Å². The van der Waals surface area contributed by atoms with Gasteiger partial charge in [0.1, 0.15) is 0 Å². The maximum absolute atomic E-state index is 11.7. The number of Topliss-reactive ketones (excluding diaryl/α,β-unsaturated/α-hetero) is 1. The summed E-state index contributed by atoms with van der Waals surface area (Å²) >= 11 is 0. The second kappa shape index (κ2) is 4.83. The predicted octanol–water partition coefficient (Wildman–Crippen LogP) is 3.53. The Labute approximate surface area is 101 Å². The van der Waals surface area contributed by atoms with E-state index in [0.717, 1.165) is 11.1 Å². The summed E-state index contributed by atoms with van der Waals surface area (Å²) in [5.41, 5.74) is 9.11. The minimum Gasteiger partial charge on any atom is -0.398 e. The Morgan fingerprint density at radius 2 is 1.76 bits per heavy atom. The molecule has 17 heavy (non-hydrogen) atoms. The fourth-order valence-corrected chi connectivity index (χ4v) is 1.80. The van der Waals surface area contributed by atoms with E-state index in [1.807, 2.05) is 49.4 Å². The first-order valence-electron chi connectivity index (χ1n) is 5.70. The van der Waals surface area contributed by atoms with E-state index in [-0.39, 0.29) is 5.78 Å². The van der Waals surface area contributed by atoms with Gasteiger partial charge in [-0.25, -0.2) is 0 Å². The molecule has 0 bridgehead atoms. The molecule has 2 nitrogen and oxygen atoms in total. The smallest absolute Gasteiger partial charge is 0.164 e. The van der Waals surface area contributed by atoms with Crippen LogP contribution in [0.15, 0.2) is 48.5 Å². The van der Waals surface area contributed by atoms with Crippen molar-refractivity contribution in [3.05, 3.63) is 54.1 Å². The average Bonchev–Trinajstić information content (AvgIpc) is 2.39. The molecule has 0 saturated heterocycles. The summed E-state index contributed by atoms with van der Waals surface area (Å²) in [6.07, 6.45) is 0.475. The highest BCUT2D eigenvalue weighted by molar-refractivity contribution is 6.01. The molecule has 0 saturated carbocycles. The van der Waals surface area contributed by atoms with Gasteiger partial charge in [0.15, 0.2) is 5.78 Å². The number of carbonyl (C=O) groups excluding carboxylic acids is 1. The number of nitrogen functional groups attached to an aromatic ring is 1. The molecule has 2 aromatic carbocycles. The number of hydrogen-bond donors (Lipinski definition) is 1. The third kappa shape index (κ3) is 2.36. The number of benzene rings is 2. The van der Waals surface area contributed by atoms with Gasteiger partial charge in [-0.3, -0.25) is 4.79 Å². The van der Waals surface area contributed by atoms with Crippen molar-refractivity contribution in [2.45, 2.75) is 13.3 Å². The Morgan fingerprint density at radius 1 is 1.06 bits per heavy atom. The molecule has 0 unspecified atom stereocenters. The van der Waals surface area contributed by atoms with Gasteiger partial charge in [-0.05, 0) is 23.3 Å². The normalized spacial score (nSPS) is 10.2. The van der Waals surface area contributed by atoms with Crippen LogP contribution in [0.25, 0.3) is 11.1 Å². The minimum absolute atomic E-state index is 0.0836. The molecule has 0 radical (unpaired) electrons. The van der Waals surface area contributed by atoms with E-state index in [1.165, 1.54) is 0 Å². The lowest BCUT2D eigenvalue weighted by molar-refractivity contribution is 0.0989. The SMILES string of the molecule is CCC(=O)c1cc(-c2ccccc2)ccc1N. The first kappa shape index (κ1) is 11.4. The highest BCUT2D eigenvalue weighted by Crippen LogP contribution is 2.24. The van der Waals surface area contributed by atoms with E-state index in [1.54, 1.807) is 6.07 Å². The van der Waals surface area contributed by atoms with Crippen molar-refractivity contribution < 1.29 is 4.79 Å². The molecule has 0 spiro atoms. The summed E-state index contributed by atoms with van der Waals surface area (Å²) < 4.78 is 0. The van der Waals surface area contributed by atoms with Crippen LogP contribution in [0.2, 0.25) is 0 Å². The van der Waals surface area contributed by atoms with Crippen molar-refractivity contribution >= 4 is 11.5 Å². The first-order chi connectivity index (χ1) is 8.22. The Morgan fingerprint density at radius 3 is 2.41 bits per heavy atom. The van der Waals surface area contributed by atoms with E-state index >= 15 is 0 Å². The molecule has 2 rings (SSSR count). The molecule has 2 N–H and O–H groups in total. The van der Waals surface area contributed by atoms with Crippen molar-refractivity contribution in [3.8, 4) is 11.1 Å². The minimum atomic E-state index is 0.0836. The van der Waals surface area contributed by atoms with Gasteiger partial charge < -0.3 is 5.73 Å². The zero-order chi connectivity index (χ0) is 12.3. The van der Waals surface area contributed by atoms with E-state index in [2.05, 4.69) is 0 Å². The molecule has 0 aliphatic carbocycles. The van der Waals surface area contributed by atoms with Crippen LogP contribution in [0.5, 0.6) is 0 Å². The van der Waals surface area contributed by atoms with Crippen LogP contribution in [0.3, 0.4) is 0 Å². The Hall–Kier alpha value is -2.09. The predicted molar refractivity (Wildman–Crippen MR) is 70.9 cm³/mol. The zero-order valence-electron chi connectivity index (χ0n) is 9.81. The summed E-state index contributed by atoms with van der Waals surface area (Å²) in [6.45, 7) is 1.84. The maximum atomic E-state index is 11.7. The molecule has 0 amide bonds. The third-order valence-electron chi connectivity index (χ3n) is 2.78. The highest BCUT2D eigenvalue weighted by atomic mass is 16.1. The summed E-state index contributed by atoms with van der Waals surface area (Å²) in [6, 6.07) is 15.6. The number of rotatable bonds is 3. The lowest BCUT2D eigenvalue weighted by atomic mass is 9.99. The molecular formula is C15H15NO. The number of nitrogens with two attached hydrogens (primary N) is 1. The molecule has 0 aliphatic rings. The molecule has 0 heterocycles. The Bertz CT molecular complexity index is 532. The molecular weight excluding hydrogens is 210 g/mol. The quantitative estimate of drug-likeness (QED) is 0.641. The van der Waals surface area contributed by atoms with Crippen molar-refractivity contribution in [2.24, 2.45) is 0 Å². The second-order valence-corrected chi connectivity index (χ2v) is 3.94. The lowest BCUT2D eigenvalue weighted by Crippen LogP contribution is -2.02. The van der Waals surface area contributed by atoms with Gasteiger partial charge in [0.25, 0.3) is 0 Å². The maximum Gasteiger partial charge on any atom is 0.164 e. The number of hydrogen-bond acceptors (Lipinski definition) is 2. The molecule has 86 valence electrons.